The van der Waals surface area contributed by atoms with E-state index in [0.29, 0.717) is 34.9 Å². The third kappa shape index (κ3) is 6.47. The number of carboxylic acids is 1. The maximum atomic E-state index is 10.7. The summed E-state index contributed by atoms with van der Waals surface area (Å²) in [6.07, 6.45) is 6.96. The summed E-state index contributed by atoms with van der Waals surface area (Å²) >= 11 is 12.1. The van der Waals surface area contributed by atoms with Crippen molar-refractivity contribution in [3.8, 4) is 5.75 Å². The van der Waals surface area contributed by atoms with Crippen LogP contribution in [0, 0.1) is 11.8 Å². The van der Waals surface area contributed by atoms with Gasteiger partial charge in [-0.15, -0.1) is 0 Å². The van der Waals surface area contributed by atoms with E-state index in [1.54, 1.807) is 18.5 Å². The van der Waals surface area contributed by atoms with E-state index < -0.39 is 5.97 Å². The highest BCUT2D eigenvalue weighted by molar-refractivity contribution is 6.31. The number of carboxylic acid groups (broad SMARTS) is 1. The molecular formula is C22H27Cl2N3O3. The Kier molecular flexibility index (Phi) is 8.16. The molecule has 3 rings (SSSR count). The zero-order chi connectivity index (χ0) is 21.5. The molecule has 1 aromatic carbocycles. The van der Waals surface area contributed by atoms with Gasteiger partial charge in [0.2, 0.25) is 5.95 Å². The van der Waals surface area contributed by atoms with Gasteiger partial charge in [-0.25, -0.2) is 9.97 Å². The maximum Gasteiger partial charge on any atom is 0.303 e. The number of carbonyl (C=O) groups is 1. The number of benzene rings is 1. The molecular weight excluding hydrogens is 425 g/mol. The Labute approximate surface area is 187 Å². The molecule has 0 spiro atoms. The fraction of sp³-hybridized carbons (Fsp3) is 0.500. The molecule has 8 heteroatoms. The van der Waals surface area contributed by atoms with Gasteiger partial charge in [0.25, 0.3) is 0 Å². The molecule has 1 fully saturated rings. The van der Waals surface area contributed by atoms with Crippen LogP contribution < -0.4 is 9.64 Å². The Morgan fingerprint density at radius 3 is 2.60 bits per heavy atom. The number of ether oxygens (including phenoxy) is 1. The Morgan fingerprint density at radius 2 is 1.97 bits per heavy atom. The topological polar surface area (TPSA) is 75.6 Å². The Morgan fingerprint density at radius 1 is 1.27 bits per heavy atom. The lowest BCUT2D eigenvalue weighted by Gasteiger charge is -2.34. The Bertz CT molecular complexity index is 840. The zero-order valence-corrected chi connectivity index (χ0v) is 18.6. The molecule has 1 saturated heterocycles. The quantitative estimate of drug-likeness (QED) is 0.569. The van der Waals surface area contributed by atoms with Crippen LogP contribution in [0.15, 0.2) is 30.6 Å². The van der Waals surface area contributed by atoms with Crippen molar-refractivity contribution in [3.63, 3.8) is 0 Å². The largest absolute Gasteiger partial charge is 0.494 e. The van der Waals surface area contributed by atoms with Gasteiger partial charge in [-0.1, -0.05) is 36.2 Å². The first-order chi connectivity index (χ1) is 14.4. The van der Waals surface area contributed by atoms with Crippen LogP contribution in [0.2, 0.25) is 10.0 Å². The predicted octanol–water partition coefficient (Wildman–Crippen LogP) is 5.12. The van der Waals surface area contributed by atoms with Crippen LogP contribution in [-0.2, 0) is 11.2 Å². The van der Waals surface area contributed by atoms with Gasteiger partial charge in [0.05, 0.1) is 24.0 Å². The smallest absolute Gasteiger partial charge is 0.303 e. The summed E-state index contributed by atoms with van der Waals surface area (Å²) in [5, 5.41) is 9.91. The first-order valence-electron chi connectivity index (χ1n) is 10.3. The molecule has 0 unspecified atom stereocenters. The fourth-order valence-electron chi connectivity index (χ4n) is 3.80. The second kappa shape index (κ2) is 10.8. The molecule has 0 bridgehead atoms. The molecule has 1 aromatic heterocycles. The molecule has 6 nitrogen and oxygen atoms in total. The van der Waals surface area contributed by atoms with E-state index in [1.807, 2.05) is 12.1 Å². The third-order valence-corrected chi connectivity index (χ3v) is 6.26. The van der Waals surface area contributed by atoms with E-state index in [2.05, 4.69) is 21.8 Å². The van der Waals surface area contributed by atoms with Gasteiger partial charge in [0, 0.05) is 24.5 Å². The lowest BCUT2D eigenvalue weighted by molar-refractivity contribution is -0.136. The van der Waals surface area contributed by atoms with Crippen LogP contribution in [0.4, 0.5) is 5.95 Å². The molecule has 162 valence electrons. The predicted molar refractivity (Wildman–Crippen MR) is 119 cm³/mol. The molecule has 0 aliphatic carbocycles. The summed E-state index contributed by atoms with van der Waals surface area (Å²) in [6, 6.07) is 5.48. The van der Waals surface area contributed by atoms with Crippen molar-refractivity contribution in [1.82, 2.24) is 9.97 Å². The molecule has 1 aliphatic heterocycles. The maximum absolute atomic E-state index is 10.7. The average molecular weight is 452 g/mol. The normalized spacial score (nSPS) is 15.8. The number of piperidine rings is 1. The second-order valence-electron chi connectivity index (χ2n) is 7.79. The lowest BCUT2D eigenvalue weighted by Crippen LogP contribution is -2.36. The number of rotatable bonds is 9. The van der Waals surface area contributed by atoms with Gasteiger partial charge in [-0.05, 0) is 55.2 Å². The molecule has 2 heterocycles. The Hall–Kier alpha value is -2.05. The highest BCUT2D eigenvalue weighted by Crippen LogP contribution is 2.29. The zero-order valence-electron chi connectivity index (χ0n) is 17.1. The van der Waals surface area contributed by atoms with Gasteiger partial charge in [0.15, 0.2) is 0 Å². The molecule has 1 N–H and O–H groups in total. The number of aromatic nitrogens is 2. The van der Waals surface area contributed by atoms with E-state index in [-0.39, 0.29) is 6.42 Å². The summed E-state index contributed by atoms with van der Waals surface area (Å²) in [7, 11) is 0. The van der Waals surface area contributed by atoms with Crippen molar-refractivity contribution in [3.05, 3.63) is 46.2 Å². The lowest BCUT2D eigenvalue weighted by atomic mass is 9.84. The molecule has 2 aromatic rings. The molecule has 0 saturated carbocycles. The number of hydrogen-bond donors (Lipinski definition) is 1. The first kappa shape index (κ1) is 22.6. The van der Waals surface area contributed by atoms with E-state index in [9.17, 15) is 4.79 Å². The second-order valence-corrected chi connectivity index (χ2v) is 8.63. The average Bonchev–Trinajstić information content (AvgIpc) is 2.73. The van der Waals surface area contributed by atoms with Gasteiger partial charge in [0.1, 0.15) is 5.75 Å². The van der Waals surface area contributed by atoms with E-state index in [0.717, 1.165) is 49.6 Å². The van der Waals surface area contributed by atoms with Crippen molar-refractivity contribution in [2.75, 3.05) is 24.6 Å². The van der Waals surface area contributed by atoms with Gasteiger partial charge >= 0.3 is 5.97 Å². The van der Waals surface area contributed by atoms with Crippen molar-refractivity contribution in [2.24, 2.45) is 11.8 Å². The van der Waals surface area contributed by atoms with E-state index >= 15 is 0 Å². The SMILES string of the molecule is C[C@H](CCOc1ccc(CCC(=O)O)c(Cl)c1)C1CCN(c2ncc(Cl)cn2)CC1. The summed E-state index contributed by atoms with van der Waals surface area (Å²) in [5.74, 6) is 1.85. The molecule has 30 heavy (non-hydrogen) atoms. The van der Waals surface area contributed by atoms with Crippen LogP contribution in [0.1, 0.15) is 38.2 Å². The van der Waals surface area contributed by atoms with E-state index in [4.69, 9.17) is 33.0 Å². The summed E-state index contributed by atoms with van der Waals surface area (Å²) in [6.45, 7) is 4.81. The summed E-state index contributed by atoms with van der Waals surface area (Å²) in [5.41, 5.74) is 0.830. The molecule has 0 radical (unpaired) electrons. The highest BCUT2D eigenvalue weighted by Gasteiger charge is 2.25. The van der Waals surface area contributed by atoms with Crippen molar-refractivity contribution >= 4 is 35.1 Å². The minimum absolute atomic E-state index is 0.0698. The highest BCUT2D eigenvalue weighted by atomic mass is 35.5. The fourth-order valence-corrected chi connectivity index (χ4v) is 4.16. The molecule has 1 atom stereocenters. The minimum atomic E-state index is -0.827. The number of halogens is 2. The van der Waals surface area contributed by atoms with Crippen molar-refractivity contribution < 1.29 is 14.6 Å². The van der Waals surface area contributed by atoms with Crippen molar-refractivity contribution in [1.29, 1.82) is 0 Å². The number of nitrogens with zero attached hydrogens (tertiary/aromatic N) is 3. The standard InChI is InChI=1S/C22H27Cl2N3O3/c1-15(16-6-9-27(10-7-16)22-25-13-18(23)14-26-22)8-11-30-19-4-2-17(20(24)12-19)3-5-21(28)29/h2,4,12-16H,3,5-11H2,1H3,(H,28,29)/t15-/m1/s1. The third-order valence-electron chi connectivity index (χ3n) is 5.71. The van der Waals surface area contributed by atoms with Crippen LogP contribution in [0.25, 0.3) is 0 Å². The summed E-state index contributed by atoms with van der Waals surface area (Å²) in [4.78, 5) is 21.5. The van der Waals surface area contributed by atoms with Gasteiger partial charge < -0.3 is 14.7 Å². The first-order valence-corrected chi connectivity index (χ1v) is 11.0. The number of anilines is 1. The van der Waals surface area contributed by atoms with Crippen LogP contribution in [-0.4, -0.2) is 40.7 Å². The van der Waals surface area contributed by atoms with Crippen LogP contribution in [0.5, 0.6) is 5.75 Å². The molecule has 1 aliphatic rings. The minimum Gasteiger partial charge on any atom is -0.494 e. The van der Waals surface area contributed by atoms with Crippen LogP contribution in [0.3, 0.4) is 0 Å². The van der Waals surface area contributed by atoms with E-state index in [1.165, 1.54) is 0 Å². The summed E-state index contributed by atoms with van der Waals surface area (Å²) < 4.78 is 5.89. The molecule has 0 amide bonds. The monoisotopic (exact) mass is 451 g/mol. The Balaban J connectivity index is 1.41. The number of aryl methyl sites for hydroxylation is 1. The van der Waals surface area contributed by atoms with Crippen molar-refractivity contribution in [2.45, 2.75) is 39.0 Å². The van der Waals surface area contributed by atoms with Gasteiger partial charge in [-0.3, -0.25) is 4.79 Å². The van der Waals surface area contributed by atoms with Crippen LogP contribution >= 0.6 is 23.2 Å². The van der Waals surface area contributed by atoms with Gasteiger partial charge in [-0.2, -0.15) is 0 Å². The number of aliphatic carboxylic acids is 1. The number of hydrogen-bond acceptors (Lipinski definition) is 5.